The van der Waals surface area contributed by atoms with Gasteiger partial charge in [0, 0.05) is 30.9 Å². The van der Waals surface area contributed by atoms with Crippen LogP contribution < -0.4 is 0 Å². The zero-order valence-electron chi connectivity index (χ0n) is 9.44. The minimum atomic E-state index is -0.290. The zero-order valence-corrected chi connectivity index (χ0v) is 9.44. The first-order valence-corrected chi connectivity index (χ1v) is 5.50. The lowest BCUT2D eigenvalue weighted by atomic mass is 10.1. The molecule has 1 heterocycles. The van der Waals surface area contributed by atoms with Gasteiger partial charge in [-0.25, -0.2) is 0 Å². The lowest BCUT2D eigenvalue weighted by Gasteiger charge is -2.04. The predicted molar refractivity (Wildman–Crippen MR) is 60.0 cm³/mol. The normalized spacial score (nSPS) is 12.7. The van der Waals surface area contributed by atoms with Crippen LogP contribution in [0.3, 0.4) is 0 Å². The van der Waals surface area contributed by atoms with Gasteiger partial charge >= 0.3 is 0 Å². The number of carbonyl (C=O) groups excluding carboxylic acids is 1. The van der Waals surface area contributed by atoms with Crippen molar-refractivity contribution in [2.45, 2.75) is 45.8 Å². The Bertz CT molecular complexity index is 315. The molecule has 0 saturated heterocycles. The highest BCUT2D eigenvalue weighted by atomic mass is 16.3. The number of Topliss-reactive ketones (excluding diaryl/α,β-unsaturated/α-hetero) is 1. The van der Waals surface area contributed by atoms with Crippen molar-refractivity contribution in [1.82, 2.24) is 4.57 Å². The fourth-order valence-corrected chi connectivity index (χ4v) is 1.45. The van der Waals surface area contributed by atoms with Crippen molar-refractivity contribution in [3.63, 3.8) is 0 Å². The van der Waals surface area contributed by atoms with Crippen LogP contribution >= 0.6 is 0 Å². The minimum absolute atomic E-state index is 0.202. The minimum Gasteiger partial charge on any atom is -0.393 e. The van der Waals surface area contributed by atoms with Crippen molar-refractivity contribution in [2.75, 3.05) is 0 Å². The maximum absolute atomic E-state index is 11.5. The largest absolute Gasteiger partial charge is 0.393 e. The molecule has 1 aromatic rings. The van der Waals surface area contributed by atoms with Crippen LogP contribution in [0.2, 0.25) is 0 Å². The lowest BCUT2D eigenvalue weighted by Crippen LogP contribution is -2.05. The van der Waals surface area contributed by atoms with Crippen LogP contribution in [0, 0.1) is 0 Å². The average molecular weight is 209 g/mol. The van der Waals surface area contributed by atoms with Crippen molar-refractivity contribution in [3.05, 3.63) is 24.0 Å². The summed E-state index contributed by atoms with van der Waals surface area (Å²) in [7, 11) is 0. The number of hydrogen-bond acceptors (Lipinski definition) is 2. The molecule has 0 aliphatic rings. The zero-order chi connectivity index (χ0) is 11.3. The van der Waals surface area contributed by atoms with Crippen molar-refractivity contribution >= 4 is 5.78 Å². The second kappa shape index (κ2) is 5.71. The van der Waals surface area contributed by atoms with Gasteiger partial charge in [0.05, 0.1) is 6.10 Å². The van der Waals surface area contributed by atoms with E-state index in [1.54, 1.807) is 6.92 Å². The van der Waals surface area contributed by atoms with Gasteiger partial charge < -0.3 is 9.67 Å². The van der Waals surface area contributed by atoms with Crippen molar-refractivity contribution in [1.29, 1.82) is 0 Å². The number of ketones is 1. The number of aliphatic hydroxyl groups excluding tert-OH is 1. The van der Waals surface area contributed by atoms with Gasteiger partial charge in [0.15, 0.2) is 5.78 Å². The summed E-state index contributed by atoms with van der Waals surface area (Å²) in [5.74, 6) is 0.202. The summed E-state index contributed by atoms with van der Waals surface area (Å²) in [6.07, 6.45) is 5.68. The van der Waals surface area contributed by atoms with E-state index in [1.807, 2.05) is 30.0 Å². The molecule has 1 atom stereocenters. The molecule has 3 nitrogen and oxygen atoms in total. The molecular formula is C12H19NO2. The van der Waals surface area contributed by atoms with E-state index in [2.05, 4.69) is 0 Å². The van der Waals surface area contributed by atoms with E-state index in [-0.39, 0.29) is 11.9 Å². The van der Waals surface area contributed by atoms with E-state index < -0.39 is 0 Å². The van der Waals surface area contributed by atoms with Gasteiger partial charge in [-0.3, -0.25) is 4.79 Å². The predicted octanol–water partition coefficient (Wildman–Crippen LogP) is 2.24. The molecule has 0 aromatic carbocycles. The summed E-state index contributed by atoms with van der Waals surface area (Å²) in [5.41, 5.74) is 0.780. The topological polar surface area (TPSA) is 42.2 Å². The number of rotatable bonds is 6. The summed E-state index contributed by atoms with van der Waals surface area (Å²) in [6, 6.07) is 1.85. The van der Waals surface area contributed by atoms with Gasteiger partial charge in [-0.1, -0.05) is 6.92 Å². The number of hydrogen-bond donors (Lipinski definition) is 1. The third-order valence-corrected chi connectivity index (χ3v) is 2.35. The molecule has 1 aromatic heterocycles. The molecule has 0 amide bonds. The highest BCUT2D eigenvalue weighted by molar-refractivity contribution is 5.95. The SMILES string of the molecule is CCCC(=O)c1ccn(CCC(C)O)c1. The standard InChI is InChI=1S/C12H19NO2/c1-3-4-12(15)11-6-8-13(9-11)7-5-10(2)14/h6,8-10,14H,3-5,7H2,1-2H3. The summed E-state index contributed by atoms with van der Waals surface area (Å²) in [4.78, 5) is 11.5. The summed E-state index contributed by atoms with van der Waals surface area (Å²) < 4.78 is 1.95. The van der Waals surface area contributed by atoms with Crippen LogP contribution in [-0.4, -0.2) is 21.6 Å². The van der Waals surface area contributed by atoms with E-state index >= 15 is 0 Å². The van der Waals surface area contributed by atoms with Crippen LogP contribution in [0.15, 0.2) is 18.5 Å². The molecule has 0 bridgehead atoms. The first-order chi connectivity index (χ1) is 7.13. The number of aromatic nitrogens is 1. The van der Waals surface area contributed by atoms with Crippen LogP contribution in [0.25, 0.3) is 0 Å². The Morgan fingerprint density at radius 2 is 2.33 bits per heavy atom. The van der Waals surface area contributed by atoms with Gasteiger partial charge in [0.25, 0.3) is 0 Å². The molecule has 0 aliphatic heterocycles. The number of carbonyl (C=O) groups is 1. The van der Waals surface area contributed by atoms with Crippen LogP contribution in [0.1, 0.15) is 43.5 Å². The number of aliphatic hydroxyl groups is 1. The van der Waals surface area contributed by atoms with Gasteiger partial charge in [-0.05, 0) is 25.8 Å². The summed E-state index contributed by atoms with van der Waals surface area (Å²) in [6.45, 7) is 4.53. The Kier molecular flexibility index (Phi) is 4.56. The molecule has 15 heavy (non-hydrogen) atoms. The Morgan fingerprint density at radius 1 is 1.60 bits per heavy atom. The smallest absolute Gasteiger partial charge is 0.164 e. The first kappa shape index (κ1) is 12.0. The van der Waals surface area contributed by atoms with Gasteiger partial charge in [0.2, 0.25) is 0 Å². The molecule has 0 fully saturated rings. The third-order valence-electron chi connectivity index (χ3n) is 2.35. The lowest BCUT2D eigenvalue weighted by molar-refractivity contribution is 0.0981. The molecule has 1 unspecified atom stereocenters. The first-order valence-electron chi connectivity index (χ1n) is 5.50. The fourth-order valence-electron chi connectivity index (χ4n) is 1.45. The van der Waals surface area contributed by atoms with Crippen molar-refractivity contribution in [2.24, 2.45) is 0 Å². The van der Waals surface area contributed by atoms with E-state index in [9.17, 15) is 4.79 Å². The molecule has 0 spiro atoms. The maximum Gasteiger partial charge on any atom is 0.164 e. The Balaban J connectivity index is 2.52. The van der Waals surface area contributed by atoms with E-state index in [4.69, 9.17) is 5.11 Å². The second-order valence-corrected chi connectivity index (χ2v) is 3.95. The average Bonchev–Trinajstić information content (AvgIpc) is 2.63. The van der Waals surface area contributed by atoms with Crippen molar-refractivity contribution in [3.8, 4) is 0 Å². The third kappa shape index (κ3) is 3.88. The molecule has 3 heteroatoms. The monoisotopic (exact) mass is 209 g/mol. The number of nitrogens with zero attached hydrogens (tertiary/aromatic N) is 1. The molecule has 0 aliphatic carbocycles. The van der Waals surface area contributed by atoms with Crippen LogP contribution in [0.4, 0.5) is 0 Å². The molecular weight excluding hydrogens is 190 g/mol. The second-order valence-electron chi connectivity index (χ2n) is 3.95. The van der Waals surface area contributed by atoms with Crippen LogP contribution in [-0.2, 0) is 6.54 Å². The molecule has 0 radical (unpaired) electrons. The van der Waals surface area contributed by atoms with Gasteiger partial charge in [-0.2, -0.15) is 0 Å². The Morgan fingerprint density at radius 3 is 2.93 bits per heavy atom. The summed E-state index contributed by atoms with van der Waals surface area (Å²) in [5, 5.41) is 9.13. The van der Waals surface area contributed by atoms with Gasteiger partial charge in [0.1, 0.15) is 0 Å². The fraction of sp³-hybridized carbons (Fsp3) is 0.583. The molecule has 0 saturated carbocycles. The highest BCUT2D eigenvalue weighted by Crippen LogP contribution is 2.07. The van der Waals surface area contributed by atoms with Crippen molar-refractivity contribution < 1.29 is 9.90 Å². The quantitative estimate of drug-likeness (QED) is 0.730. The molecule has 84 valence electrons. The van der Waals surface area contributed by atoms with E-state index in [1.165, 1.54) is 0 Å². The maximum atomic E-state index is 11.5. The van der Waals surface area contributed by atoms with E-state index in [0.717, 1.165) is 24.9 Å². The van der Waals surface area contributed by atoms with Gasteiger partial charge in [-0.15, -0.1) is 0 Å². The van der Waals surface area contributed by atoms with Crippen LogP contribution in [0.5, 0.6) is 0 Å². The molecule has 1 N–H and O–H groups in total. The molecule has 1 rings (SSSR count). The van der Waals surface area contributed by atoms with E-state index in [0.29, 0.717) is 6.42 Å². The Labute approximate surface area is 90.7 Å². The Hall–Kier alpha value is -1.09. The highest BCUT2D eigenvalue weighted by Gasteiger charge is 2.06. The summed E-state index contributed by atoms with van der Waals surface area (Å²) >= 11 is 0. The number of aryl methyl sites for hydroxylation is 1.